The van der Waals surface area contributed by atoms with Gasteiger partial charge in [0.2, 0.25) is 0 Å². The lowest BCUT2D eigenvalue weighted by atomic mass is 10.0. The van der Waals surface area contributed by atoms with Gasteiger partial charge in [-0.3, -0.25) is 9.69 Å². The first-order chi connectivity index (χ1) is 7.63. The van der Waals surface area contributed by atoms with Crippen molar-refractivity contribution in [3.63, 3.8) is 0 Å². The molecule has 1 unspecified atom stereocenters. The third-order valence-electron chi connectivity index (χ3n) is 2.98. The van der Waals surface area contributed by atoms with Crippen LogP contribution in [0.25, 0.3) is 0 Å². The Morgan fingerprint density at radius 2 is 2.25 bits per heavy atom. The molecule has 1 aromatic carbocycles. The van der Waals surface area contributed by atoms with Crippen molar-refractivity contribution >= 4 is 5.78 Å². The first-order valence-corrected chi connectivity index (χ1v) is 5.23. The van der Waals surface area contributed by atoms with E-state index in [1.165, 1.54) is 7.11 Å². The number of phenols is 1. The van der Waals surface area contributed by atoms with Crippen LogP contribution in [0.2, 0.25) is 0 Å². The van der Waals surface area contributed by atoms with Crippen molar-refractivity contribution < 1.29 is 14.6 Å². The van der Waals surface area contributed by atoms with E-state index in [-0.39, 0.29) is 17.6 Å². The van der Waals surface area contributed by atoms with E-state index in [4.69, 9.17) is 4.74 Å². The zero-order valence-electron chi connectivity index (χ0n) is 9.43. The molecule has 1 aliphatic heterocycles. The van der Waals surface area contributed by atoms with Gasteiger partial charge in [-0.25, -0.2) is 0 Å². The quantitative estimate of drug-likeness (QED) is 0.819. The summed E-state index contributed by atoms with van der Waals surface area (Å²) in [4.78, 5) is 13.7. The minimum atomic E-state index is -0.200. The number of likely N-dealkylation sites (tertiary alicyclic amines) is 1. The van der Waals surface area contributed by atoms with Crippen LogP contribution in [-0.4, -0.2) is 36.5 Å². The number of phenolic OH excluding ortho intramolecular Hbond substituents is 1. The predicted octanol–water partition coefficient (Wildman–Crippen LogP) is 1.35. The molecule has 4 nitrogen and oxygen atoms in total. The van der Waals surface area contributed by atoms with Gasteiger partial charge in [-0.1, -0.05) is 6.07 Å². The van der Waals surface area contributed by atoms with Crippen molar-refractivity contribution in [1.29, 1.82) is 0 Å². The molecule has 1 atom stereocenters. The van der Waals surface area contributed by atoms with E-state index in [0.29, 0.717) is 12.2 Å². The highest BCUT2D eigenvalue weighted by Gasteiger charge is 2.31. The van der Waals surface area contributed by atoms with Gasteiger partial charge in [-0.2, -0.15) is 0 Å². The van der Waals surface area contributed by atoms with E-state index < -0.39 is 0 Å². The number of carbonyl (C=O) groups is 1. The molecule has 0 aliphatic carbocycles. The summed E-state index contributed by atoms with van der Waals surface area (Å²) in [5, 5.41) is 9.49. The Labute approximate surface area is 94.4 Å². The molecule has 0 bridgehead atoms. The van der Waals surface area contributed by atoms with E-state index in [1.54, 1.807) is 18.2 Å². The van der Waals surface area contributed by atoms with Crippen molar-refractivity contribution in [2.24, 2.45) is 0 Å². The van der Waals surface area contributed by atoms with Gasteiger partial charge in [0, 0.05) is 13.0 Å². The molecular formula is C12H15NO3. The summed E-state index contributed by atoms with van der Waals surface area (Å²) in [5.74, 6) is 0.722. The molecule has 86 valence electrons. The first kappa shape index (κ1) is 11.0. The van der Waals surface area contributed by atoms with Crippen LogP contribution in [0.3, 0.4) is 0 Å². The van der Waals surface area contributed by atoms with Gasteiger partial charge in [-0.15, -0.1) is 0 Å². The molecule has 1 aromatic rings. The van der Waals surface area contributed by atoms with Crippen LogP contribution in [0.1, 0.15) is 18.0 Å². The highest BCUT2D eigenvalue weighted by molar-refractivity contribution is 5.87. The highest BCUT2D eigenvalue weighted by atomic mass is 16.5. The van der Waals surface area contributed by atoms with Gasteiger partial charge < -0.3 is 9.84 Å². The number of ketones is 1. The van der Waals surface area contributed by atoms with Crippen molar-refractivity contribution in [2.75, 3.05) is 20.7 Å². The minimum absolute atomic E-state index is 0.0966. The summed E-state index contributed by atoms with van der Waals surface area (Å²) < 4.78 is 5.04. The number of hydrogen-bond acceptors (Lipinski definition) is 4. The molecule has 1 fully saturated rings. The van der Waals surface area contributed by atoms with Crippen LogP contribution in [0, 0.1) is 0 Å². The van der Waals surface area contributed by atoms with Gasteiger partial charge in [-0.05, 0) is 24.7 Å². The molecule has 1 saturated heterocycles. The van der Waals surface area contributed by atoms with E-state index in [2.05, 4.69) is 0 Å². The molecular weight excluding hydrogens is 206 g/mol. The lowest BCUT2D eigenvalue weighted by Gasteiger charge is -2.19. The van der Waals surface area contributed by atoms with Gasteiger partial charge >= 0.3 is 0 Å². The zero-order chi connectivity index (χ0) is 11.7. The smallest absolute Gasteiger partial charge is 0.160 e. The van der Waals surface area contributed by atoms with Crippen LogP contribution < -0.4 is 4.74 Å². The van der Waals surface area contributed by atoms with Gasteiger partial charge in [0.05, 0.1) is 13.2 Å². The number of benzene rings is 1. The van der Waals surface area contributed by atoms with Gasteiger partial charge in [0.15, 0.2) is 17.3 Å². The zero-order valence-corrected chi connectivity index (χ0v) is 9.43. The van der Waals surface area contributed by atoms with E-state index in [1.807, 2.05) is 11.9 Å². The molecule has 0 saturated carbocycles. The average molecular weight is 221 g/mol. The number of likely N-dealkylation sites (N-methyl/N-ethyl adjacent to an activating group) is 1. The van der Waals surface area contributed by atoms with Gasteiger partial charge in [0.1, 0.15) is 0 Å². The molecule has 1 aliphatic rings. The Hall–Kier alpha value is -1.55. The normalized spacial score (nSPS) is 21.4. The second-order valence-electron chi connectivity index (χ2n) is 4.03. The molecule has 1 heterocycles. The summed E-state index contributed by atoms with van der Waals surface area (Å²) in [5.41, 5.74) is 0.875. The summed E-state index contributed by atoms with van der Waals surface area (Å²) in [7, 11) is 3.42. The molecule has 16 heavy (non-hydrogen) atoms. The maximum Gasteiger partial charge on any atom is 0.160 e. The lowest BCUT2D eigenvalue weighted by Crippen LogP contribution is -2.20. The fourth-order valence-electron chi connectivity index (χ4n) is 2.10. The van der Waals surface area contributed by atoms with Crippen molar-refractivity contribution in [3.05, 3.63) is 23.8 Å². The number of methoxy groups -OCH3 is 1. The third kappa shape index (κ3) is 1.76. The lowest BCUT2D eigenvalue weighted by molar-refractivity contribution is -0.119. The Bertz CT molecular complexity index is 417. The number of rotatable bonds is 2. The maximum absolute atomic E-state index is 11.7. The Kier molecular flexibility index (Phi) is 2.83. The summed E-state index contributed by atoms with van der Waals surface area (Å²) >= 11 is 0. The fourth-order valence-corrected chi connectivity index (χ4v) is 2.10. The Morgan fingerprint density at radius 3 is 2.81 bits per heavy atom. The van der Waals surface area contributed by atoms with Crippen molar-refractivity contribution in [2.45, 2.75) is 12.5 Å². The monoisotopic (exact) mass is 221 g/mol. The number of ether oxygens (including phenoxy) is 1. The van der Waals surface area contributed by atoms with Crippen molar-refractivity contribution in [1.82, 2.24) is 4.90 Å². The molecule has 1 N–H and O–H groups in total. The number of carbonyl (C=O) groups excluding carboxylic acids is 1. The van der Waals surface area contributed by atoms with Crippen molar-refractivity contribution in [3.8, 4) is 11.5 Å². The van der Waals surface area contributed by atoms with E-state index in [0.717, 1.165) is 12.1 Å². The number of nitrogens with zero attached hydrogens (tertiary/aromatic N) is 1. The predicted molar refractivity (Wildman–Crippen MR) is 59.7 cm³/mol. The third-order valence-corrected chi connectivity index (χ3v) is 2.98. The van der Waals surface area contributed by atoms with Crippen LogP contribution in [-0.2, 0) is 4.79 Å². The molecule has 4 heteroatoms. The van der Waals surface area contributed by atoms with Crippen LogP contribution in [0.5, 0.6) is 11.5 Å². The topological polar surface area (TPSA) is 49.8 Å². The molecule has 0 amide bonds. The van der Waals surface area contributed by atoms with Crippen LogP contribution in [0.15, 0.2) is 18.2 Å². The Morgan fingerprint density at radius 1 is 1.50 bits per heavy atom. The van der Waals surface area contributed by atoms with E-state index in [9.17, 15) is 9.90 Å². The number of hydrogen-bond donors (Lipinski definition) is 1. The molecule has 0 radical (unpaired) electrons. The average Bonchev–Trinajstić information content (AvgIpc) is 2.60. The number of aromatic hydroxyl groups is 1. The summed E-state index contributed by atoms with van der Waals surface area (Å²) in [6.45, 7) is 0.784. The second-order valence-corrected chi connectivity index (χ2v) is 4.03. The molecule has 0 aromatic heterocycles. The highest BCUT2D eigenvalue weighted by Crippen LogP contribution is 2.33. The fraction of sp³-hybridized carbons (Fsp3) is 0.417. The first-order valence-electron chi connectivity index (χ1n) is 5.23. The van der Waals surface area contributed by atoms with Crippen LogP contribution >= 0.6 is 0 Å². The number of Topliss-reactive ketones (excluding diaryl/α,β-unsaturated/α-hetero) is 1. The van der Waals surface area contributed by atoms with Crippen LogP contribution in [0.4, 0.5) is 0 Å². The molecule has 2 rings (SSSR count). The largest absolute Gasteiger partial charge is 0.504 e. The Balaban J connectivity index is 2.36. The summed E-state index contributed by atoms with van der Waals surface area (Å²) in [6, 6.07) is 4.85. The minimum Gasteiger partial charge on any atom is -0.504 e. The maximum atomic E-state index is 11.7. The molecule has 0 spiro atoms. The summed E-state index contributed by atoms with van der Waals surface area (Å²) in [6.07, 6.45) is 0.588. The van der Waals surface area contributed by atoms with Gasteiger partial charge in [0.25, 0.3) is 0 Å². The second kappa shape index (κ2) is 4.14. The van der Waals surface area contributed by atoms with E-state index >= 15 is 0 Å². The SMILES string of the molecule is COc1cc(C2C(=O)CCN2C)ccc1O. The standard InChI is InChI=1S/C12H15NO3/c1-13-6-5-10(15)12(13)8-3-4-9(14)11(7-8)16-2/h3-4,7,12,14H,5-6H2,1-2H3.